The first-order valence-electron chi connectivity index (χ1n) is 6.62. The Morgan fingerprint density at radius 1 is 1.10 bits per heavy atom. The molecule has 0 N–H and O–H groups in total. The maximum atomic E-state index is 12.1. The first kappa shape index (κ1) is 14.7. The van der Waals surface area contributed by atoms with Gasteiger partial charge in [-0.05, 0) is 36.4 Å². The Labute approximate surface area is 124 Å². The van der Waals surface area contributed by atoms with Gasteiger partial charge >= 0.3 is 0 Å². The number of carbonyl (C=O) groups excluding carboxylic acids is 1. The van der Waals surface area contributed by atoms with Gasteiger partial charge in [-0.25, -0.2) is 0 Å². The lowest BCUT2D eigenvalue weighted by atomic mass is 10.1. The second kappa shape index (κ2) is 7.15. The zero-order valence-corrected chi connectivity index (χ0v) is 12.6. The molecule has 0 atom stereocenters. The Morgan fingerprint density at radius 3 is 2.45 bits per heavy atom. The molecule has 0 saturated carbocycles. The lowest BCUT2D eigenvalue weighted by Gasteiger charge is -2.09. The van der Waals surface area contributed by atoms with Gasteiger partial charge in [0.15, 0.2) is 12.4 Å². The normalized spacial score (nSPS) is 10.3. The molecule has 2 nitrogen and oxygen atoms in total. The fraction of sp³-hybridized carbons (Fsp3) is 0.235. The van der Waals surface area contributed by atoms with Gasteiger partial charge in [-0.2, -0.15) is 0 Å². The molecule has 104 valence electrons. The summed E-state index contributed by atoms with van der Waals surface area (Å²) in [4.78, 5) is 13.2. The van der Waals surface area contributed by atoms with E-state index in [1.807, 2.05) is 54.8 Å². The third-order valence-electron chi connectivity index (χ3n) is 3.12. The largest absolute Gasteiger partial charge is 0.485 e. The maximum Gasteiger partial charge on any atom is 0.200 e. The highest BCUT2D eigenvalue weighted by atomic mass is 32.2. The molecule has 0 bridgehead atoms. The minimum absolute atomic E-state index is 0.00330. The molecule has 2 rings (SSSR count). The molecule has 0 aliphatic heterocycles. The van der Waals surface area contributed by atoms with Crippen LogP contribution in [0.5, 0.6) is 5.75 Å². The van der Waals surface area contributed by atoms with Crippen LogP contribution in [0.2, 0.25) is 0 Å². The third kappa shape index (κ3) is 3.64. The summed E-state index contributed by atoms with van der Waals surface area (Å²) in [6, 6.07) is 15.4. The molecule has 0 aliphatic carbocycles. The van der Waals surface area contributed by atoms with E-state index >= 15 is 0 Å². The molecule has 0 spiro atoms. The fourth-order valence-corrected chi connectivity index (χ4v) is 2.35. The van der Waals surface area contributed by atoms with E-state index < -0.39 is 0 Å². The number of carbonyl (C=O) groups is 1. The fourth-order valence-electron chi connectivity index (χ4n) is 1.94. The van der Waals surface area contributed by atoms with E-state index in [-0.39, 0.29) is 12.4 Å². The van der Waals surface area contributed by atoms with Gasteiger partial charge in [-0.1, -0.05) is 37.3 Å². The Balaban J connectivity index is 2.01. The Bertz CT molecular complexity index is 576. The SMILES string of the molecule is CCc1ccccc1OCC(=O)c1ccc(SC)cc1. The highest BCUT2D eigenvalue weighted by molar-refractivity contribution is 7.98. The Hall–Kier alpha value is -1.74. The third-order valence-corrected chi connectivity index (χ3v) is 3.87. The van der Waals surface area contributed by atoms with E-state index in [2.05, 4.69) is 6.92 Å². The summed E-state index contributed by atoms with van der Waals surface area (Å²) in [5.74, 6) is 0.799. The molecule has 0 aliphatic rings. The molecule has 2 aromatic rings. The zero-order chi connectivity index (χ0) is 14.4. The lowest BCUT2D eigenvalue weighted by molar-refractivity contribution is 0.0921. The van der Waals surface area contributed by atoms with Crippen LogP contribution in [0.15, 0.2) is 53.4 Å². The van der Waals surface area contributed by atoms with Crippen molar-refractivity contribution in [2.24, 2.45) is 0 Å². The van der Waals surface area contributed by atoms with Crippen LogP contribution in [0.25, 0.3) is 0 Å². The summed E-state index contributed by atoms with van der Waals surface area (Å²) < 4.78 is 5.65. The van der Waals surface area contributed by atoms with Crippen molar-refractivity contribution in [1.29, 1.82) is 0 Å². The number of rotatable bonds is 6. The number of ether oxygens (including phenoxy) is 1. The molecule has 0 radical (unpaired) electrons. The molecule has 0 saturated heterocycles. The standard InChI is InChI=1S/C17H18O2S/c1-3-13-6-4-5-7-17(13)19-12-16(18)14-8-10-15(20-2)11-9-14/h4-11H,3,12H2,1-2H3. The first-order chi connectivity index (χ1) is 9.74. The van der Waals surface area contributed by atoms with E-state index in [1.54, 1.807) is 11.8 Å². The summed E-state index contributed by atoms with van der Waals surface area (Å²) >= 11 is 1.66. The minimum Gasteiger partial charge on any atom is -0.485 e. The number of hydrogen-bond acceptors (Lipinski definition) is 3. The van der Waals surface area contributed by atoms with Crippen LogP contribution in [0.1, 0.15) is 22.8 Å². The number of hydrogen-bond donors (Lipinski definition) is 0. The number of Topliss-reactive ketones (excluding diaryl/α,β-unsaturated/α-hetero) is 1. The van der Waals surface area contributed by atoms with Crippen LogP contribution in [0.3, 0.4) is 0 Å². The van der Waals surface area contributed by atoms with Gasteiger partial charge in [0.2, 0.25) is 0 Å². The van der Waals surface area contributed by atoms with Crippen molar-refractivity contribution in [2.75, 3.05) is 12.9 Å². The van der Waals surface area contributed by atoms with Gasteiger partial charge in [0.1, 0.15) is 5.75 Å². The number of para-hydroxylation sites is 1. The van der Waals surface area contributed by atoms with Crippen molar-refractivity contribution in [3.05, 3.63) is 59.7 Å². The van der Waals surface area contributed by atoms with Crippen molar-refractivity contribution in [2.45, 2.75) is 18.2 Å². The van der Waals surface area contributed by atoms with Gasteiger partial charge in [0.05, 0.1) is 0 Å². The zero-order valence-electron chi connectivity index (χ0n) is 11.8. The first-order valence-corrected chi connectivity index (χ1v) is 7.85. The average molecular weight is 286 g/mol. The number of thioether (sulfide) groups is 1. The average Bonchev–Trinajstić information content (AvgIpc) is 2.53. The molecule has 0 heterocycles. The minimum atomic E-state index is 0.00330. The van der Waals surface area contributed by atoms with Crippen molar-refractivity contribution < 1.29 is 9.53 Å². The second-order valence-corrected chi connectivity index (χ2v) is 5.28. The highest BCUT2D eigenvalue weighted by Gasteiger charge is 2.08. The van der Waals surface area contributed by atoms with E-state index in [0.29, 0.717) is 5.56 Å². The van der Waals surface area contributed by atoms with Crippen molar-refractivity contribution >= 4 is 17.5 Å². The second-order valence-electron chi connectivity index (χ2n) is 4.40. The monoisotopic (exact) mass is 286 g/mol. The van der Waals surface area contributed by atoms with Crippen LogP contribution in [0, 0.1) is 0 Å². The van der Waals surface area contributed by atoms with Gasteiger partial charge in [-0.15, -0.1) is 11.8 Å². The van der Waals surface area contributed by atoms with Gasteiger partial charge in [0, 0.05) is 10.5 Å². The molecular weight excluding hydrogens is 268 g/mol. The summed E-state index contributed by atoms with van der Waals surface area (Å²) in [5, 5.41) is 0. The summed E-state index contributed by atoms with van der Waals surface area (Å²) in [5.41, 5.74) is 1.81. The van der Waals surface area contributed by atoms with E-state index in [1.165, 1.54) is 0 Å². The summed E-state index contributed by atoms with van der Waals surface area (Å²) in [6.07, 6.45) is 2.91. The van der Waals surface area contributed by atoms with Crippen LogP contribution in [0.4, 0.5) is 0 Å². The topological polar surface area (TPSA) is 26.3 Å². The molecular formula is C17H18O2S. The van der Waals surface area contributed by atoms with Crippen LogP contribution in [-0.4, -0.2) is 18.6 Å². The van der Waals surface area contributed by atoms with Crippen molar-refractivity contribution in [1.82, 2.24) is 0 Å². The summed E-state index contributed by atoms with van der Waals surface area (Å²) in [6.45, 7) is 2.15. The van der Waals surface area contributed by atoms with Crippen molar-refractivity contribution in [3.8, 4) is 5.75 Å². The quantitative estimate of drug-likeness (QED) is 0.587. The molecule has 2 aromatic carbocycles. The number of ketones is 1. The highest BCUT2D eigenvalue weighted by Crippen LogP contribution is 2.19. The van der Waals surface area contributed by atoms with Crippen LogP contribution >= 0.6 is 11.8 Å². The summed E-state index contributed by atoms with van der Waals surface area (Å²) in [7, 11) is 0. The van der Waals surface area contributed by atoms with Crippen molar-refractivity contribution in [3.63, 3.8) is 0 Å². The molecule has 20 heavy (non-hydrogen) atoms. The molecule has 0 unspecified atom stereocenters. The van der Waals surface area contributed by atoms with Gasteiger partial charge < -0.3 is 4.74 Å². The predicted octanol–water partition coefficient (Wildman–Crippen LogP) is 4.23. The van der Waals surface area contributed by atoms with E-state index in [0.717, 1.165) is 22.6 Å². The molecule has 0 fully saturated rings. The van der Waals surface area contributed by atoms with E-state index in [4.69, 9.17) is 4.74 Å². The maximum absolute atomic E-state index is 12.1. The van der Waals surface area contributed by atoms with Crippen LogP contribution < -0.4 is 4.74 Å². The molecule has 0 amide bonds. The van der Waals surface area contributed by atoms with Gasteiger partial charge in [-0.3, -0.25) is 4.79 Å². The smallest absolute Gasteiger partial charge is 0.200 e. The van der Waals surface area contributed by atoms with Gasteiger partial charge in [0.25, 0.3) is 0 Å². The number of aryl methyl sites for hydroxylation is 1. The van der Waals surface area contributed by atoms with E-state index in [9.17, 15) is 4.79 Å². The lowest BCUT2D eigenvalue weighted by Crippen LogP contribution is -2.12. The molecule has 3 heteroatoms. The Kier molecular flexibility index (Phi) is 5.24. The Morgan fingerprint density at radius 2 is 1.80 bits per heavy atom. The predicted molar refractivity (Wildman–Crippen MR) is 83.9 cm³/mol. The number of benzene rings is 2. The van der Waals surface area contributed by atoms with Crippen LogP contribution in [-0.2, 0) is 6.42 Å². The molecule has 0 aromatic heterocycles.